The average Bonchev–Trinajstić information content (AvgIpc) is 3.52. The number of carbonyl (C=O) groups is 1. The summed E-state index contributed by atoms with van der Waals surface area (Å²) in [4.78, 5) is 14.0. The van der Waals surface area contributed by atoms with Gasteiger partial charge in [0.15, 0.2) is 11.5 Å². The number of fused-ring (bicyclic) bond motifs is 1. The molecule has 0 bridgehead atoms. The second-order valence-electron chi connectivity index (χ2n) is 6.65. The van der Waals surface area contributed by atoms with Crippen molar-refractivity contribution in [1.29, 1.82) is 0 Å². The van der Waals surface area contributed by atoms with Crippen LogP contribution in [0.2, 0.25) is 5.02 Å². The van der Waals surface area contributed by atoms with Crippen molar-refractivity contribution >= 4 is 28.8 Å². The van der Waals surface area contributed by atoms with Gasteiger partial charge < -0.3 is 14.8 Å². The summed E-state index contributed by atoms with van der Waals surface area (Å²) in [6.45, 7) is 0.576. The second-order valence-corrected chi connectivity index (χ2v) is 8.03. The maximum atomic E-state index is 13.0. The summed E-state index contributed by atoms with van der Waals surface area (Å²) in [7, 11) is 0. The van der Waals surface area contributed by atoms with Gasteiger partial charge in [0.25, 0.3) is 5.91 Å². The van der Waals surface area contributed by atoms with E-state index < -0.39 is 0 Å². The standard InChI is InChI=1S/C22H16ClN3O3S/c23-15-4-6-16(7-5-15)26-18(11-17(25-26)21-2-1-9-30-21)22(27)24-12-14-3-8-19-20(10-14)29-13-28-19/h1-11H,12-13H2,(H,24,27). The van der Waals surface area contributed by atoms with Gasteiger partial charge in [0.2, 0.25) is 6.79 Å². The van der Waals surface area contributed by atoms with Gasteiger partial charge in [0, 0.05) is 11.6 Å². The minimum atomic E-state index is -0.224. The van der Waals surface area contributed by atoms with E-state index >= 15 is 0 Å². The lowest BCUT2D eigenvalue weighted by Crippen LogP contribution is -2.25. The van der Waals surface area contributed by atoms with Crippen LogP contribution in [0, 0.1) is 0 Å². The summed E-state index contributed by atoms with van der Waals surface area (Å²) in [5.41, 5.74) is 2.87. The third-order valence-electron chi connectivity index (χ3n) is 4.68. The molecule has 0 spiro atoms. The molecule has 150 valence electrons. The minimum Gasteiger partial charge on any atom is -0.454 e. The normalized spacial score (nSPS) is 12.2. The number of amides is 1. The Morgan fingerprint density at radius 2 is 1.93 bits per heavy atom. The molecule has 5 rings (SSSR count). The van der Waals surface area contributed by atoms with Crippen molar-refractivity contribution in [2.24, 2.45) is 0 Å². The highest BCUT2D eigenvalue weighted by molar-refractivity contribution is 7.13. The minimum absolute atomic E-state index is 0.219. The van der Waals surface area contributed by atoms with E-state index in [0.29, 0.717) is 28.8 Å². The number of carbonyl (C=O) groups excluding carboxylic acids is 1. The molecular formula is C22H16ClN3O3S. The molecule has 0 radical (unpaired) electrons. The first-order valence-electron chi connectivity index (χ1n) is 9.24. The highest BCUT2D eigenvalue weighted by atomic mass is 35.5. The molecule has 2 aromatic carbocycles. The van der Waals surface area contributed by atoms with Crippen molar-refractivity contribution in [3.05, 3.63) is 82.3 Å². The summed E-state index contributed by atoms with van der Waals surface area (Å²) in [6.07, 6.45) is 0. The molecule has 0 fully saturated rings. The molecule has 1 amide bonds. The highest BCUT2D eigenvalue weighted by Gasteiger charge is 2.19. The first-order valence-corrected chi connectivity index (χ1v) is 10.5. The van der Waals surface area contributed by atoms with E-state index in [1.807, 2.05) is 47.8 Å². The van der Waals surface area contributed by atoms with Gasteiger partial charge in [-0.2, -0.15) is 5.10 Å². The first kappa shape index (κ1) is 18.7. The van der Waals surface area contributed by atoms with Crippen LogP contribution in [0.3, 0.4) is 0 Å². The largest absolute Gasteiger partial charge is 0.454 e. The van der Waals surface area contributed by atoms with Crippen molar-refractivity contribution in [1.82, 2.24) is 15.1 Å². The maximum Gasteiger partial charge on any atom is 0.270 e. The topological polar surface area (TPSA) is 65.4 Å². The number of hydrogen-bond acceptors (Lipinski definition) is 5. The Kier molecular flexibility index (Phi) is 4.90. The van der Waals surface area contributed by atoms with Gasteiger partial charge in [-0.05, 0) is 59.5 Å². The predicted octanol–water partition coefficient (Wildman–Crippen LogP) is 4.91. The number of hydrogen-bond donors (Lipinski definition) is 1. The summed E-state index contributed by atoms with van der Waals surface area (Å²) in [6, 6.07) is 18.6. The zero-order valence-electron chi connectivity index (χ0n) is 15.7. The van der Waals surface area contributed by atoms with E-state index in [2.05, 4.69) is 10.4 Å². The Labute approximate surface area is 181 Å². The van der Waals surface area contributed by atoms with Gasteiger partial charge in [-0.15, -0.1) is 11.3 Å². The maximum absolute atomic E-state index is 13.0. The fourth-order valence-electron chi connectivity index (χ4n) is 3.19. The van der Waals surface area contributed by atoms with Crippen molar-refractivity contribution in [3.63, 3.8) is 0 Å². The van der Waals surface area contributed by atoms with Gasteiger partial charge in [-0.25, -0.2) is 4.68 Å². The van der Waals surface area contributed by atoms with Crippen LogP contribution in [0.4, 0.5) is 0 Å². The van der Waals surface area contributed by atoms with Crippen LogP contribution in [0.15, 0.2) is 66.0 Å². The van der Waals surface area contributed by atoms with E-state index in [1.54, 1.807) is 34.2 Å². The quantitative estimate of drug-likeness (QED) is 0.481. The Hall–Kier alpha value is -3.29. The number of ether oxygens (including phenoxy) is 2. The molecule has 8 heteroatoms. The molecule has 0 unspecified atom stereocenters. The third-order valence-corrected chi connectivity index (χ3v) is 5.82. The van der Waals surface area contributed by atoms with Gasteiger partial charge in [-0.3, -0.25) is 4.79 Å². The monoisotopic (exact) mass is 437 g/mol. The van der Waals surface area contributed by atoms with Crippen LogP contribution in [-0.2, 0) is 6.54 Å². The number of thiophene rings is 1. The van der Waals surface area contributed by atoms with Crippen molar-refractivity contribution < 1.29 is 14.3 Å². The number of halogens is 1. The zero-order valence-corrected chi connectivity index (χ0v) is 17.2. The molecule has 30 heavy (non-hydrogen) atoms. The molecule has 0 saturated heterocycles. The molecule has 4 aromatic rings. The van der Waals surface area contributed by atoms with Gasteiger partial charge >= 0.3 is 0 Å². The van der Waals surface area contributed by atoms with Gasteiger partial charge in [0.1, 0.15) is 11.4 Å². The molecule has 1 aliphatic rings. The molecule has 0 atom stereocenters. The third kappa shape index (κ3) is 3.65. The Balaban J connectivity index is 1.43. The lowest BCUT2D eigenvalue weighted by Gasteiger charge is -2.09. The summed E-state index contributed by atoms with van der Waals surface area (Å²) >= 11 is 7.59. The van der Waals surface area contributed by atoms with E-state index in [9.17, 15) is 4.79 Å². The van der Waals surface area contributed by atoms with Crippen LogP contribution in [0.1, 0.15) is 16.1 Å². The summed E-state index contributed by atoms with van der Waals surface area (Å²) in [5, 5.41) is 10.2. The zero-order chi connectivity index (χ0) is 20.5. The van der Waals surface area contributed by atoms with E-state index in [1.165, 1.54) is 0 Å². The van der Waals surface area contributed by atoms with E-state index in [-0.39, 0.29) is 12.7 Å². The Morgan fingerprint density at radius 3 is 2.73 bits per heavy atom. The molecule has 1 N–H and O–H groups in total. The van der Waals surface area contributed by atoms with Crippen LogP contribution in [0.25, 0.3) is 16.3 Å². The highest BCUT2D eigenvalue weighted by Crippen LogP contribution is 2.32. The molecule has 2 aromatic heterocycles. The molecule has 3 heterocycles. The molecular weight excluding hydrogens is 422 g/mol. The Bertz CT molecular complexity index is 1200. The fourth-order valence-corrected chi connectivity index (χ4v) is 4.00. The smallest absolute Gasteiger partial charge is 0.270 e. The summed E-state index contributed by atoms with van der Waals surface area (Å²) < 4.78 is 12.4. The molecule has 0 aliphatic carbocycles. The first-order chi connectivity index (χ1) is 14.7. The number of benzene rings is 2. The van der Waals surface area contributed by atoms with Crippen LogP contribution < -0.4 is 14.8 Å². The van der Waals surface area contributed by atoms with Crippen molar-refractivity contribution in [2.45, 2.75) is 6.54 Å². The Morgan fingerprint density at radius 1 is 1.10 bits per heavy atom. The lowest BCUT2D eigenvalue weighted by atomic mass is 10.2. The molecule has 1 aliphatic heterocycles. The number of aromatic nitrogens is 2. The average molecular weight is 438 g/mol. The van der Waals surface area contributed by atoms with Gasteiger partial charge in [-0.1, -0.05) is 23.7 Å². The predicted molar refractivity (Wildman–Crippen MR) is 116 cm³/mol. The van der Waals surface area contributed by atoms with E-state index in [4.69, 9.17) is 21.1 Å². The molecule has 6 nitrogen and oxygen atoms in total. The van der Waals surface area contributed by atoms with Crippen LogP contribution >= 0.6 is 22.9 Å². The fraction of sp³-hybridized carbons (Fsp3) is 0.0909. The number of nitrogens with zero attached hydrogens (tertiary/aromatic N) is 2. The summed E-state index contributed by atoms with van der Waals surface area (Å²) in [5.74, 6) is 1.18. The van der Waals surface area contributed by atoms with Gasteiger partial charge in [0.05, 0.1) is 10.6 Å². The second kappa shape index (κ2) is 7.85. The number of rotatable bonds is 5. The lowest BCUT2D eigenvalue weighted by molar-refractivity contribution is 0.0943. The van der Waals surface area contributed by atoms with Crippen LogP contribution in [0.5, 0.6) is 11.5 Å². The van der Waals surface area contributed by atoms with E-state index in [0.717, 1.165) is 21.8 Å². The SMILES string of the molecule is O=C(NCc1ccc2c(c1)OCO2)c1cc(-c2cccs2)nn1-c1ccc(Cl)cc1. The van der Waals surface area contributed by atoms with Crippen LogP contribution in [-0.4, -0.2) is 22.5 Å². The van der Waals surface area contributed by atoms with Crippen molar-refractivity contribution in [2.75, 3.05) is 6.79 Å². The molecule has 0 saturated carbocycles. The number of nitrogens with one attached hydrogen (secondary N) is 1. The van der Waals surface area contributed by atoms with Crippen molar-refractivity contribution in [3.8, 4) is 27.8 Å².